The standard InChI is InChI=1S/C23H21F6N5O4/c1-11-4-15-16(18-14(11)9-34(33-18)8-13-10-36-2-3-37-13)17(22(24,25)26)19(38-15)20(35)30-5-12-6-31-21(32-7-12)23(27,28)29/h6-7,9,11,13H,2-5,8,10H2,1H3,(H,30,35)/t11-,13-/m0/s1. The average molecular weight is 545 g/mol. The number of amides is 1. The van der Waals surface area contributed by atoms with Gasteiger partial charge in [0.15, 0.2) is 0 Å². The number of carbonyl (C=O) groups is 1. The molecule has 38 heavy (non-hydrogen) atoms. The molecule has 1 aliphatic carbocycles. The van der Waals surface area contributed by atoms with Crippen LogP contribution in [0, 0.1) is 0 Å². The SMILES string of the molecule is C[C@H]1Cc2oc(C(=O)NCc3cnc(C(F)(F)F)nc3)c(C(F)(F)F)c2-c2nn(C[C@H]3COCCO3)cc21. The van der Waals surface area contributed by atoms with Gasteiger partial charge in [0.25, 0.3) is 5.91 Å². The second-order valence-corrected chi connectivity index (χ2v) is 9.03. The zero-order chi connectivity index (χ0) is 27.2. The highest BCUT2D eigenvalue weighted by atomic mass is 19.4. The van der Waals surface area contributed by atoms with E-state index in [0.29, 0.717) is 25.4 Å². The van der Waals surface area contributed by atoms with Crippen LogP contribution in [0.25, 0.3) is 11.3 Å². The van der Waals surface area contributed by atoms with Gasteiger partial charge in [-0.25, -0.2) is 9.97 Å². The molecule has 1 amide bonds. The van der Waals surface area contributed by atoms with Gasteiger partial charge in [0, 0.05) is 42.7 Å². The van der Waals surface area contributed by atoms with Crippen molar-refractivity contribution in [2.75, 3.05) is 19.8 Å². The van der Waals surface area contributed by atoms with Crippen LogP contribution in [0.1, 0.15) is 51.7 Å². The third-order valence-electron chi connectivity index (χ3n) is 6.21. The molecule has 2 aliphatic rings. The molecule has 9 nitrogen and oxygen atoms in total. The summed E-state index contributed by atoms with van der Waals surface area (Å²) in [5.41, 5.74) is -0.853. The first-order chi connectivity index (χ1) is 17.9. The zero-order valence-corrected chi connectivity index (χ0v) is 19.8. The summed E-state index contributed by atoms with van der Waals surface area (Å²) < 4.78 is 98.7. The van der Waals surface area contributed by atoms with Gasteiger partial charge < -0.3 is 19.2 Å². The van der Waals surface area contributed by atoms with Crippen molar-refractivity contribution < 1.29 is 45.0 Å². The Morgan fingerprint density at radius 3 is 2.50 bits per heavy atom. The van der Waals surface area contributed by atoms with Gasteiger partial charge in [0.05, 0.1) is 37.6 Å². The highest BCUT2D eigenvalue weighted by Crippen LogP contribution is 2.48. The molecule has 0 bridgehead atoms. The summed E-state index contributed by atoms with van der Waals surface area (Å²) in [6, 6.07) is 0. The van der Waals surface area contributed by atoms with Crippen LogP contribution in [-0.4, -0.2) is 51.6 Å². The number of carbonyl (C=O) groups excluding carboxylic acids is 1. The Hall–Kier alpha value is -3.46. The molecule has 0 radical (unpaired) electrons. The molecule has 0 spiro atoms. The van der Waals surface area contributed by atoms with Crippen LogP contribution in [0.3, 0.4) is 0 Å². The quantitative estimate of drug-likeness (QED) is 0.484. The van der Waals surface area contributed by atoms with Crippen molar-refractivity contribution in [3.8, 4) is 11.3 Å². The monoisotopic (exact) mass is 545 g/mol. The van der Waals surface area contributed by atoms with Crippen LogP contribution >= 0.6 is 0 Å². The van der Waals surface area contributed by atoms with Crippen LogP contribution in [0.15, 0.2) is 23.0 Å². The van der Waals surface area contributed by atoms with E-state index >= 15 is 0 Å². The lowest BCUT2D eigenvalue weighted by molar-refractivity contribution is -0.145. The molecule has 1 fully saturated rings. The van der Waals surface area contributed by atoms with E-state index in [2.05, 4.69) is 20.4 Å². The topological polar surface area (TPSA) is 104 Å². The molecule has 15 heteroatoms. The summed E-state index contributed by atoms with van der Waals surface area (Å²) >= 11 is 0. The number of hydrogen-bond donors (Lipinski definition) is 1. The fourth-order valence-electron chi connectivity index (χ4n) is 4.48. The molecular formula is C23H21F6N5O4. The highest BCUT2D eigenvalue weighted by Gasteiger charge is 2.46. The number of halogens is 6. The molecule has 3 aromatic rings. The molecule has 1 N–H and O–H groups in total. The zero-order valence-electron chi connectivity index (χ0n) is 19.8. The fourth-order valence-corrected chi connectivity index (χ4v) is 4.48. The number of rotatable bonds is 5. The van der Waals surface area contributed by atoms with Crippen LogP contribution in [0.2, 0.25) is 0 Å². The molecule has 0 aromatic carbocycles. The smallest absolute Gasteiger partial charge is 0.451 e. The van der Waals surface area contributed by atoms with E-state index in [1.807, 2.05) is 6.92 Å². The molecule has 204 valence electrons. The predicted molar refractivity (Wildman–Crippen MR) is 116 cm³/mol. The van der Waals surface area contributed by atoms with Crippen molar-refractivity contribution in [2.24, 2.45) is 0 Å². The molecule has 0 unspecified atom stereocenters. The van der Waals surface area contributed by atoms with E-state index in [4.69, 9.17) is 13.9 Å². The van der Waals surface area contributed by atoms with E-state index < -0.39 is 42.0 Å². The lowest BCUT2D eigenvalue weighted by Crippen LogP contribution is -2.32. The fraction of sp³-hybridized carbons (Fsp3) is 0.478. The minimum atomic E-state index is -4.96. The number of alkyl halides is 6. The van der Waals surface area contributed by atoms with Crippen LogP contribution in [0.5, 0.6) is 0 Å². The maximum Gasteiger partial charge on any atom is 0.451 e. The molecule has 3 aromatic heterocycles. The lowest BCUT2D eigenvalue weighted by atomic mass is 9.86. The van der Waals surface area contributed by atoms with E-state index in [1.54, 1.807) is 6.20 Å². The number of hydrogen-bond acceptors (Lipinski definition) is 7. The van der Waals surface area contributed by atoms with Gasteiger partial charge in [-0.1, -0.05) is 6.92 Å². The molecule has 1 saturated heterocycles. The molecule has 2 atom stereocenters. The third kappa shape index (κ3) is 5.12. The second kappa shape index (κ2) is 9.69. The Bertz CT molecular complexity index is 1330. The van der Waals surface area contributed by atoms with Gasteiger partial charge >= 0.3 is 12.4 Å². The summed E-state index contributed by atoms with van der Waals surface area (Å²) in [5.74, 6) is -3.77. The van der Waals surface area contributed by atoms with E-state index in [9.17, 15) is 31.1 Å². The van der Waals surface area contributed by atoms with Gasteiger partial charge in [-0.15, -0.1) is 0 Å². The van der Waals surface area contributed by atoms with Crippen molar-refractivity contribution in [1.29, 1.82) is 0 Å². The first kappa shape index (κ1) is 26.2. The predicted octanol–water partition coefficient (Wildman–Crippen LogP) is 3.98. The number of ether oxygens (including phenoxy) is 2. The van der Waals surface area contributed by atoms with Crippen molar-refractivity contribution in [2.45, 2.75) is 50.8 Å². The van der Waals surface area contributed by atoms with Gasteiger partial charge in [-0.05, 0) is 5.92 Å². The first-order valence-corrected chi connectivity index (χ1v) is 11.6. The number of nitrogens with zero attached hydrogens (tertiary/aromatic N) is 4. The maximum absolute atomic E-state index is 14.3. The van der Waals surface area contributed by atoms with Crippen molar-refractivity contribution in [3.05, 3.63) is 52.6 Å². The summed E-state index contributed by atoms with van der Waals surface area (Å²) in [6.07, 6.45) is -6.58. The summed E-state index contributed by atoms with van der Waals surface area (Å²) in [4.78, 5) is 19.1. The third-order valence-corrected chi connectivity index (χ3v) is 6.21. The van der Waals surface area contributed by atoms with Crippen molar-refractivity contribution in [3.63, 3.8) is 0 Å². The number of fused-ring (bicyclic) bond motifs is 3. The minimum Gasteiger partial charge on any atom is -0.455 e. The average Bonchev–Trinajstić information content (AvgIpc) is 3.45. The minimum absolute atomic E-state index is 0.0251. The number of furan rings is 1. The Morgan fingerprint density at radius 1 is 1.13 bits per heavy atom. The largest absolute Gasteiger partial charge is 0.455 e. The summed E-state index contributed by atoms with van der Waals surface area (Å²) in [7, 11) is 0. The Balaban J connectivity index is 1.43. The molecule has 4 heterocycles. The summed E-state index contributed by atoms with van der Waals surface area (Å²) in [5, 5.41) is 6.63. The normalized spacial score (nSPS) is 19.7. The van der Waals surface area contributed by atoms with Crippen LogP contribution in [-0.2, 0) is 41.3 Å². The van der Waals surface area contributed by atoms with Crippen LogP contribution in [0.4, 0.5) is 26.3 Å². The Kier molecular flexibility index (Phi) is 6.67. The van der Waals surface area contributed by atoms with Gasteiger partial charge in [0.2, 0.25) is 11.6 Å². The van der Waals surface area contributed by atoms with E-state index in [1.165, 1.54) is 4.68 Å². The van der Waals surface area contributed by atoms with E-state index in [0.717, 1.165) is 12.4 Å². The second-order valence-electron chi connectivity index (χ2n) is 9.03. The number of nitrogens with one attached hydrogen (secondary N) is 1. The molecular weight excluding hydrogens is 524 g/mol. The van der Waals surface area contributed by atoms with Gasteiger partial charge in [-0.2, -0.15) is 31.4 Å². The molecule has 1 aliphatic heterocycles. The van der Waals surface area contributed by atoms with Gasteiger partial charge in [-0.3, -0.25) is 9.48 Å². The first-order valence-electron chi connectivity index (χ1n) is 11.6. The van der Waals surface area contributed by atoms with Crippen molar-refractivity contribution >= 4 is 5.91 Å². The Morgan fingerprint density at radius 2 is 1.87 bits per heavy atom. The highest BCUT2D eigenvalue weighted by molar-refractivity contribution is 5.96. The number of aromatic nitrogens is 4. The molecule has 0 saturated carbocycles. The maximum atomic E-state index is 14.3. The van der Waals surface area contributed by atoms with E-state index in [-0.39, 0.29) is 47.6 Å². The molecule has 5 rings (SSSR count). The summed E-state index contributed by atoms with van der Waals surface area (Å²) in [6.45, 7) is 2.87. The Labute approximate surface area is 211 Å². The lowest BCUT2D eigenvalue weighted by Gasteiger charge is -2.22. The van der Waals surface area contributed by atoms with Crippen molar-refractivity contribution in [1.82, 2.24) is 25.1 Å². The van der Waals surface area contributed by atoms with Gasteiger partial charge in [0.1, 0.15) is 17.4 Å². The van der Waals surface area contributed by atoms with Crippen LogP contribution < -0.4 is 5.32 Å².